The number of nitrogens with one attached hydrogen (secondary N) is 1. The molecular weight excluding hydrogens is 232 g/mol. The van der Waals surface area contributed by atoms with Gasteiger partial charge >= 0.3 is 0 Å². The molecule has 0 radical (unpaired) electrons. The molecule has 18 heavy (non-hydrogen) atoms. The highest BCUT2D eigenvalue weighted by Gasteiger charge is 2.22. The van der Waals surface area contributed by atoms with Gasteiger partial charge in [-0.25, -0.2) is 9.50 Å². The van der Waals surface area contributed by atoms with Crippen molar-refractivity contribution >= 4 is 17.4 Å². The van der Waals surface area contributed by atoms with Gasteiger partial charge in [0.25, 0.3) is 0 Å². The average Bonchev–Trinajstić information content (AvgIpc) is 2.68. The number of imidazole rings is 1. The van der Waals surface area contributed by atoms with E-state index in [1.54, 1.807) is 18.3 Å². The minimum Gasteiger partial charge on any atom is -0.390 e. The van der Waals surface area contributed by atoms with Gasteiger partial charge in [-0.15, -0.1) is 0 Å². The van der Waals surface area contributed by atoms with Crippen molar-refractivity contribution in [2.45, 2.75) is 27.4 Å². The van der Waals surface area contributed by atoms with E-state index in [-0.39, 0.29) is 12.5 Å². The Morgan fingerprint density at radius 3 is 2.78 bits per heavy atom. The number of hydrogen-bond acceptors (Lipinski definition) is 4. The van der Waals surface area contributed by atoms with E-state index in [1.807, 2.05) is 20.8 Å². The van der Waals surface area contributed by atoms with Gasteiger partial charge in [-0.05, 0) is 12.1 Å². The first kappa shape index (κ1) is 12.5. The van der Waals surface area contributed by atoms with Gasteiger partial charge in [-0.2, -0.15) is 5.10 Å². The molecule has 2 N–H and O–H groups in total. The quantitative estimate of drug-likeness (QED) is 0.837. The van der Waals surface area contributed by atoms with E-state index in [0.29, 0.717) is 17.2 Å². The number of fused-ring (bicyclic) bond motifs is 1. The van der Waals surface area contributed by atoms with Crippen LogP contribution < -0.4 is 5.32 Å². The molecule has 0 saturated heterocycles. The van der Waals surface area contributed by atoms with E-state index in [2.05, 4.69) is 15.4 Å². The monoisotopic (exact) mass is 248 g/mol. The summed E-state index contributed by atoms with van der Waals surface area (Å²) >= 11 is 0. The number of aromatic nitrogens is 3. The highest BCUT2D eigenvalue weighted by atomic mass is 16.3. The number of aliphatic hydroxyl groups is 1. The van der Waals surface area contributed by atoms with Gasteiger partial charge in [0, 0.05) is 5.41 Å². The molecule has 0 aromatic carbocycles. The number of amides is 1. The van der Waals surface area contributed by atoms with Crippen LogP contribution in [0.2, 0.25) is 0 Å². The van der Waals surface area contributed by atoms with Crippen LogP contribution in [0.5, 0.6) is 0 Å². The van der Waals surface area contributed by atoms with Gasteiger partial charge in [-0.3, -0.25) is 4.79 Å². The second-order valence-electron chi connectivity index (χ2n) is 5.12. The van der Waals surface area contributed by atoms with Crippen LogP contribution in [0.4, 0.5) is 5.82 Å². The number of carbonyl (C=O) groups excluding carboxylic acids is 1. The summed E-state index contributed by atoms with van der Waals surface area (Å²) in [6.07, 6.45) is 1.62. The number of hydrogen-bond donors (Lipinski definition) is 2. The molecule has 0 unspecified atom stereocenters. The lowest BCUT2D eigenvalue weighted by molar-refractivity contribution is -0.123. The summed E-state index contributed by atoms with van der Waals surface area (Å²) in [5.41, 5.74) is 0.699. The average molecular weight is 248 g/mol. The molecule has 0 bridgehead atoms. The summed E-state index contributed by atoms with van der Waals surface area (Å²) in [5, 5.41) is 15.9. The molecule has 2 aromatic rings. The number of nitrogens with zero attached hydrogens (tertiary/aromatic N) is 3. The maximum Gasteiger partial charge on any atom is 0.230 e. The summed E-state index contributed by atoms with van der Waals surface area (Å²) in [5.74, 6) is 0.353. The van der Waals surface area contributed by atoms with Crippen LogP contribution in [0.25, 0.3) is 5.65 Å². The van der Waals surface area contributed by atoms with E-state index in [0.717, 1.165) is 0 Å². The lowest BCUT2D eigenvalue weighted by Gasteiger charge is -2.15. The van der Waals surface area contributed by atoms with Crippen LogP contribution in [0.15, 0.2) is 18.3 Å². The van der Waals surface area contributed by atoms with E-state index in [4.69, 9.17) is 5.11 Å². The first-order valence-electron chi connectivity index (χ1n) is 5.68. The molecule has 0 spiro atoms. The molecule has 1 amide bonds. The fourth-order valence-electron chi connectivity index (χ4n) is 1.37. The first-order valence-corrected chi connectivity index (χ1v) is 5.68. The van der Waals surface area contributed by atoms with Crippen LogP contribution in [0, 0.1) is 5.41 Å². The molecule has 0 aliphatic rings. The number of rotatable bonds is 2. The first-order chi connectivity index (χ1) is 8.40. The topological polar surface area (TPSA) is 79.5 Å². The standard InChI is InChI=1S/C12H16N4O2/c1-12(2,3)11(18)14-9-6-16-10(13-9)5-4-8(7-17)15-16/h4-6,17H,7H2,1-3H3,(H,14,18). The van der Waals surface area contributed by atoms with Crippen molar-refractivity contribution in [2.24, 2.45) is 5.41 Å². The van der Waals surface area contributed by atoms with Gasteiger partial charge < -0.3 is 10.4 Å². The number of carbonyl (C=O) groups is 1. The van der Waals surface area contributed by atoms with Crippen LogP contribution in [0.3, 0.4) is 0 Å². The Morgan fingerprint density at radius 2 is 2.17 bits per heavy atom. The molecule has 0 aliphatic carbocycles. The number of anilines is 1. The Bertz CT molecular complexity index is 583. The van der Waals surface area contributed by atoms with Crippen molar-refractivity contribution in [3.63, 3.8) is 0 Å². The van der Waals surface area contributed by atoms with Crippen LogP contribution in [0.1, 0.15) is 26.5 Å². The minimum absolute atomic E-state index is 0.103. The third-order valence-electron chi connectivity index (χ3n) is 2.46. The lowest BCUT2D eigenvalue weighted by atomic mass is 9.96. The predicted octanol–water partition coefficient (Wildman–Crippen LogP) is 1.21. The second-order valence-corrected chi connectivity index (χ2v) is 5.12. The molecular formula is C12H16N4O2. The normalized spacial score (nSPS) is 11.8. The third-order valence-corrected chi connectivity index (χ3v) is 2.46. The summed E-state index contributed by atoms with van der Waals surface area (Å²) in [4.78, 5) is 16.0. The van der Waals surface area contributed by atoms with Crippen molar-refractivity contribution in [1.29, 1.82) is 0 Å². The van der Waals surface area contributed by atoms with E-state index in [1.165, 1.54) is 4.52 Å². The van der Waals surface area contributed by atoms with E-state index < -0.39 is 5.41 Å². The van der Waals surface area contributed by atoms with Crippen molar-refractivity contribution in [3.8, 4) is 0 Å². The number of aliphatic hydroxyl groups excluding tert-OH is 1. The van der Waals surface area contributed by atoms with Crippen molar-refractivity contribution in [3.05, 3.63) is 24.0 Å². The van der Waals surface area contributed by atoms with Gasteiger partial charge in [0.1, 0.15) is 0 Å². The second kappa shape index (κ2) is 4.38. The fourth-order valence-corrected chi connectivity index (χ4v) is 1.37. The largest absolute Gasteiger partial charge is 0.390 e. The zero-order valence-corrected chi connectivity index (χ0v) is 10.6. The molecule has 2 rings (SSSR count). The Hall–Kier alpha value is -1.95. The van der Waals surface area contributed by atoms with E-state index in [9.17, 15) is 4.79 Å². The molecule has 2 aromatic heterocycles. The SMILES string of the molecule is CC(C)(C)C(=O)Nc1cn2nc(CO)ccc2n1. The fraction of sp³-hybridized carbons (Fsp3) is 0.417. The van der Waals surface area contributed by atoms with Gasteiger partial charge in [0.2, 0.25) is 5.91 Å². The highest BCUT2D eigenvalue weighted by Crippen LogP contribution is 2.17. The summed E-state index contributed by atoms with van der Waals surface area (Å²) in [6.45, 7) is 5.37. The molecule has 2 heterocycles. The molecule has 0 aliphatic heterocycles. The predicted molar refractivity (Wildman–Crippen MR) is 67.0 cm³/mol. The van der Waals surface area contributed by atoms with Gasteiger partial charge in [0.05, 0.1) is 18.5 Å². The summed E-state index contributed by atoms with van der Waals surface area (Å²) < 4.78 is 1.53. The van der Waals surface area contributed by atoms with Crippen molar-refractivity contribution < 1.29 is 9.90 Å². The minimum atomic E-state index is -0.473. The molecule has 6 heteroatoms. The van der Waals surface area contributed by atoms with Crippen LogP contribution in [-0.4, -0.2) is 25.6 Å². The van der Waals surface area contributed by atoms with Gasteiger partial charge in [-0.1, -0.05) is 20.8 Å². The highest BCUT2D eigenvalue weighted by molar-refractivity contribution is 5.93. The maximum atomic E-state index is 11.8. The smallest absolute Gasteiger partial charge is 0.230 e. The Balaban J connectivity index is 2.28. The van der Waals surface area contributed by atoms with Crippen LogP contribution in [-0.2, 0) is 11.4 Å². The maximum absolute atomic E-state index is 11.8. The molecule has 0 fully saturated rings. The Kier molecular flexibility index (Phi) is 3.04. The van der Waals surface area contributed by atoms with Crippen molar-refractivity contribution in [1.82, 2.24) is 14.6 Å². The molecule has 6 nitrogen and oxygen atoms in total. The van der Waals surface area contributed by atoms with E-state index >= 15 is 0 Å². The zero-order chi connectivity index (χ0) is 13.3. The van der Waals surface area contributed by atoms with Crippen molar-refractivity contribution in [2.75, 3.05) is 5.32 Å². The van der Waals surface area contributed by atoms with Gasteiger partial charge in [0.15, 0.2) is 11.5 Å². The molecule has 0 atom stereocenters. The Morgan fingerprint density at radius 1 is 1.44 bits per heavy atom. The lowest BCUT2D eigenvalue weighted by Crippen LogP contribution is -2.27. The van der Waals surface area contributed by atoms with Crippen LogP contribution >= 0.6 is 0 Å². The molecule has 0 saturated carbocycles. The Labute approximate surface area is 105 Å². The third kappa shape index (κ3) is 2.48. The zero-order valence-electron chi connectivity index (χ0n) is 10.6. The summed E-state index contributed by atoms with van der Waals surface area (Å²) in [6, 6.07) is 3.43. The summed E-state index contributed by atoms with van der Waals surface area (Å²) in [7, 11) is 0. The molecule has 96 valence electrons.